The van der Waals surface area contributed by atoms with Gasteiger partial charge in [0.2, 0.25) is 0 Å². The number of anilines is 1. The summed E-state index contributed by atoms with van der Waals surface area (Å²) < 4.78 is 5.06. The first kappa shape index (κ1) is 20.9. The molecular formula is C22H24N2O4S. The Bertz CT molecular complexity index is 913. The van der Waals surface area contributed by atoms with Crippen LogP contribution >= 0.6 is 11.8 Å². The van der Waals surface area contributed by atoms with E-state index in [0.29, 0.717) is 17.8 Å². The van der Waals surface area contributed by atoms with Crippen LogP contribution in [0.5, 0.6) is 0 Å². The SMILES string of the molecule is CCNC(=O)c1cccc(NC(=O)COC(=O)CSc2ccc3c(c2)CCC3)c1. The number of carbonyl (C=O) groups excluding carboxylic acids is 3. The molecule has 29 heavy (non-hydrogen) atoms. The molecule has 0 spiro atoms. The van der Waals surface area contributed by atoms with Crippen molar-refractivity contribution in [3.63, 3.8) is 0 Å². The van der Waals surface area contributed by atoms with Crippen LogP contribution in [0.1, 0.15) is 34.8 Å². The third-order valence-corrected chi connectivity index (χ3v) is 5.50. The highest BCUT2D eigenvalue weighted by atomic mass is 32.2. The van der Waals surface area contributed by atoms with Crippen molar-refractivity contribution in [2.45, 2.75) is 31.1 Å². The lowest BCUT2D eigenvalue weighted by molar-refractivity contribution is -0.144. The van der Waals surface area contributed by atoms with Gasteiger partial charge in [0, 0.05) is 22.7 Å². The topological polar surface area (TPSA) is 84.5 Å². The van der Waals surface area contributed by atoms with Crippen molar-refractivity contribution in [3.8, 4) is 0 Å². The fourth-order valence-corrected chi connectivity index (χ4v) is 3.92. The number of ether oxygens (including phenoxy) is 1. The summed E-state index contributed by atoms with van der Waals surface area (Å²) in [7, 11) is 0. The van der Waals surface area contributed by atoms with Gasteiger partial charge in [-0.05, 0) is 67.6 Å². The smallest absolute Gasteiger partial charge is 0.316 e. The van der Waals surface area contributed by atoms with Gasteiger partial charge >= 0.3 is 5.97 Å². The van der Waals surface area contributed by atoms with E-state index in [2.05, 4.69) is 22.8 Å². The Morgan fingerprint density at radius 2 is 1.90 bits per heavy atom. The Balaban J connectivity index is 1.42. The maximum atomic E-state index is 12.0. The van der Waals surface area contributed by atoms with E-state index in [1.807, 2.05) is 13.0 Å². The highest BCUT2D eigenvalue weighted by molar-refractivity contribution is 8.00. The standard InChI is InChI=1S/C22H24N2O4S/c1-2-23-22(27)17-7-4-8-18(11-17)24-20(25)13-28-21(26)14-29-19-10-9-15-5-3-6-16(15)12-19/h4,7-12H,2-3,5-6,13-14H2,1H3,(H,23,27)(H,24,25). The van der Waals surface area contributed by atoms with Crippen molar-refractivity contribution >= 4 is 35.2 Å². The maximum Gasteiger partial charge on any atom is 0.316 e. The maximum absolute atomic E-state index is 12.0. The molecule has 0 aromatic heterocycles. The van der Waals surface area contributed by atoms with Crippen molar-refractivity contribution in [1.82, 2.24) is 5.32 Å². The normalized spacial score (nSPS) is 12.2. The Hall–Kier alpha value is -2.80. The molecule has 0 radical (unpaired) electrons. The van der Waals surface area contributed by atoms with Crippen LogP contribution < -0.4 is 10.6 Å². The molecule has 6 nitrogen and oxygen atoms in total. The monoisotopic (exact) mass is 412 g/mol. The van der Waals surface area contributed by atoms with E-state index in [0.717, 1.165) is 17.7 Å². The lowest BCUT2D eigenvalue weighted by Gasteiger charge is -2.09. The molecule has 0 heterocycles. The number of nitrogens with one attached hydrogen (secondary N) is 2. The van der Waals surface area contributed by atoms with Crippen molar-refractivity contribution in [3.05, 3.63) is 59.2 Å². The summed E-state index contributed by atoms with van der Waals surface area (Å²) in [5.74, 6) is -0.951. The number of rotatable bonds is 8. The molecule has 152 valence electrons. The second-order valence-electron chi connectivity index (χ2n) is 6.72. The molecule has 3 rings (SSSR count). The van der Waals surface area contributed by atoms with Gasteiger partial charge in [0.25, 0.3) is 11.8 Å². The van der Waals surface area contributed by atoms with E-state index in [1.54, 1.807) is 24.3 Å². The summed E-state index contributed by atoms with van der Waals surface area (Å²) in [5.41, 5.74) is 3.68. The number of thioether (sulfide) groups is 1. The van der Waals surface area contributed by atoms with Crippen LogP contribution in [0, 0.1) is 0 Å². The molecule has 0 aliphatic heterocycles. The third kappa shape index (κ3) is 6.09. The second kappa shape index (κ2) is 10.1. The zero-order chi connectivity index (χ0) is 20.6. The Morgan fingerprint density at radius 1 is 1.07 bits per heavy atom. The molecule has 0 fully saturated rings. The summed E-state index contributed by atoms with van der Waals surface area (Å²) in [5, 5.41) is 5.33. The molecule has 0 bridgehead atoms. The number of hydrogen-bond donors (Lipinski definition) is 2. The van der Waals surface area contributed by atoms with Gasteiger partial charge in [0.05, 0.1) is 5.75 Å². The van der Waals surface area contributed by atoms with Crippen LogP contribution in [-0.4, -0.2) is 36.7 Å². The summed E-state index contributed by atoms with van der Waals surface area (Å²) in [6.07, 6.45) is 3.41. The van der Waals surface area contributed by atoms with Crippen LogP contribution in [0.25, 0.3) is 0 Å². The summed E-state index contributed by atoms with van der Waals surface area (Å²) in [6.45, 7) is 1.99. The van der Waals surface area contributed by atoms with E-state index in [4.69, 9.17) is 4.74 Å². The highest BCUT2D eigenvalue weighted by Crippen LogP contribution is 2.27. The second-order valence-corrected chi connectivity index (χ2v) is 7.77. The predicted molar refractivity (Wildman–Crippen MR) is 113 cm³/mol. The van der Waals surface area contributed by atoms with Gasteiger partial charge in [-0.1, -0.05) is 12.1 Å². The quantitative estimate of drug-likeness (QED) is 0.514. The van der Waals surface area contributed by atoms with Crippen molar-refractivity contribution in [2.75, 3.05) is 24.2 Å². The number of esters is 1. The predicted octanol–water partition coefficient (Wildman–Crippen LogP) is 3.20. The van der Waals surface area contributed by atoms with E-state index < -0.39 is 11.9 Å². The summed E-state index contributed by atoms with van der Waals surface area (Å²) >= 11 is 1.41. The Morgan fingerprint density at radius 3 is 2.72 bits per heavy atom. The Labute approximate surface area is 174 Å². The minimum Gasteiger partial charge on any atom is -0.455 e. The molecule has 2 N–H and O–H groups in total. The molecule has 2 aromatic rings. The van der Waals surface area contributed by atoms with Gasteiger partial charge in [0.15, 0.2) is 6.61 Å². The number of fused-ring (bicyclic) bond motifs is 1. The first-order valence-corrected chi connectivity index (χ1v) is 10.6. The molecular weight excluding hydrogens is 388 g/mol. The van der Waals surface area contributed by atoms with Crippen LogP contribution in [0.15, 0.2) is 47.4 Å². The average molecular weight is 413 g/mol. The first-order chi connectivity index (χ1) is 14.0. The molecule has 0 atom stereocenters. The van der Waals surface area contributed by atoms with Gasteiger partial charge in [-0.15, -0.1) is 11.8 Å². The molecule has 2 amide bonds. The molecule has 1 aliphatic rings. The van der Waals surface area contributed by atoms with E-state index in [1.165, 1.54) is 29.3 Å². The number of aryl methyl sites for hydroxylation is 2. The van der Waals surface area contributed by atoms with Gasteiger partial charge < -0.3 is 15.4 Å². The lowest BCUT2D eigenvalue weighted by Crippen LogP contribution is -2.24. The van der Waals surface area contributed by atoms with Crippen LogP contribution in [0.3, 0.4) is 0 Å². The fraction of sp³-hybridized carbons (Fsp3) is 0.318. The molecule has 0 unspecified atom stereocenters. The molecule has 0 saturated heterocycles. The summed E-state index contributed by atoms with van der Waals surface area (Å²) in [6, 6.07) is 12.9. The molecule has 0 saturated carbocycles. The number of amides is 2. The first-order valence-electron chi connectivity index (χ1n) is 9.63. The minimum atomic E-state index is -0.450. The Kier molecular flexibility index (Phi) is 7.30. The number of benzene rings is 2. The van der Waals surface area contributed by atoms with Crippen LogP contribution in [0.2, 0.25) is 0 Å². The summed E-state index contributed by atoms with van der Waals surface area (Å²) in [4.78, 5) is 36.9. The molecule has 7 heteroatoms. The van der Waals surface area contributed by atoms with Crippen LogP contribution in [0.4, 0.5) is 5.69 Å². The zero-order valence-electron chi connectivity index (χ0n) is 16.3. The van der Waals surface area contributed by atoms with E-state index in [-0.39, 0.29) is 18.3 Å². The highest BCUT2D eigenvalue weighted by Gasteiger charge is 2.13. The van der Waals surface area contributed by atoms with Crippen molar-refractivity contribution in [2.24, 2.45) is 0 Å². The van der Waals surface area contributed by atoms with Gasteiger partial charge in [-0.25, -0.2) is 0 Å². The average Bonchev–Trinajstić information content (AvgIpc) is 3.19. The fourth-order valence-electron chi connectivity index (χ4n) is 3.17. The lowest BCUT2D eigenvalue weighted by atomic mass is 10.1. The third-order valence-electron chi connectivity index (χ3n) is 4.54. The number of carbonyl (C=O) groups is 3. The van der Waals surface area contributed by atoms with Crippen LogP contribution in [-0.2, 0) is 27.2 Å². The van der Waals surface area contributed by atoms with Gasteiger partial charge in [-0.2, -0.15) is 0 Å². The van der Waals surface area contributed by atoms with Crippen molar-refractivity contribution < 1.29 is 19.1 Å². The number of hydrogen-bond acceptors (Lipinski definition) is 5. The van der Waals surface area contributed by atoms with E-state index in [9.17, 15) is 14.4 Å². The minimum absolute atomic E-state index is 0.152. The molecule has 1 aliphatic carbocycles. The van der Waals surface area contributed by atoms with E-state index >= 15 is 0 Å². The largest absolute Gasteiger partial charge is 0.455 e. The van der Waals surface area contributed by atoms with Gasteiger partial charge in [-0.3, -0.25) is 14.4 Å². The van der Waals surface area contributed by atoms with Gasteiger partial charge in [0.1, 0.15) is 0 Å². The molecule has 2 aromatic carbocycles. The zero-order valence-corrected chi connectivity index (χ0v) is 17.1. The van der Waals surface area contributed by atoms with Crippen molar-refractivity contribution in [1.29, 1.82) is 0 Å².